The van der Waals surface area contributed by atoms with Crippen LogP contribution >= 0.6 is 11.3 Å². The molecule has 1 fully saturated rings. The van der Waals surface area contributed by atoms with E-state index in [4.69, 9.17) is 10.5 Å². The number of thiophene rings is 1. The van der Waals surface area contributed by atoms with E-state index in [1.165, 1.54) is 25.1 Å². The third-order valence-electron chi connectivity index (χ3n) is 6.38. The maximum atomic E-state index is 13.5. The van der Waals surface area contributed by atoms with E-state index in [0.717, 1.165) is 66.7 Å². The Hall–Kier alpha value is -3.41. The number of primary amides is 1. The number of hydrogen-bond acceptors (Lipinski definition) is 6. The van der Waals surface area contributed by atoms with Crippen molar-refractivity contribution in [2.75, 3.05) is 26.2 Å². The van der Waals surface area contributed by atoms with Gasteiger partial charge in [-0.15, -0.1) is 11.3 Å². The Bertz CT molecular complexity index is 1430. The standard InChI is InChI=1S/C26H26F3N5O2S.C2H6/c1-16(18-4-2-3-5-19(18)26(27,28)29)36-22-13-23(37-24(22)25(30)35)34-15-32-20-7-6-17(12-21(20)34)14-33-10-8-31-9-11-33;1-2/h2-7,12-13,15-16,31H,8-11,14H2,1H3,(H2,30,35);1-2H3. The minimum atomic E-state index is -4.53. The summed E-state index contributed by atoms with van der Waals surface area (Å²) in [6.45, 7) is 10.2. The van der Waals surface area contributed by atoms with Gasteiger partial charge in [-0.05, 0) is 30.7 Å². The number of fused-ring (bicyclic) bond motifs is 1. The molecule has 11 heteroatoms. The molecule has 1 saturated heterocycles. The van der Waals surface area contributed by atoms with Gasteiger partial charge in [-0.3, -0.25) is 14.3 Å². The number of rotatable bonds is 7. The van der Waals surface area contributed by atoms with Crippen LogP contribution in [0.25, 0.3) is 16.0 Å². The zero-order valence-electron chi connectivity index (χ0n) is 22.1. The first kappa shape index (κ1) is 28.6. The molecule has 39 heavy (non-hydrogen) atoms. The van der Waals surface area contributed by atoms with Crippen molar-refractivity contribution >= 4 is 28.3 Å². The molecule has 3 N–H and O–H groups in total. The minimum Gasteiger partial charge on any atom is -0.484 e. The second kappa shape index (κ2) is 12.2. The SMILES string of the molecule is CC.CC(Oc1cc(-n2cnc3ccc(CN4CCNCC4)cc32)sc1C(N)=O)c1ccccc1C(F)(F)F. The van der Waals surface area contributed by atoms with Gasteiger partial charge in [-0.25, -0.2) is 4.98 Å². The lowest BCUT2D eigenvalue weighted by Crippen LogP contribution is -2.42. The number of nitrogens with two attached hydrogens (primary N) is 1. The van der Waals surface area contributed by atoms with Gasteiger partial charge >= 0.3 is 6.18 Å². The van der Waals surface area contributed by atoms with E-state index in [0.29, 0.717) is 5.00 Å². The fourth-order valence-electron chi connectivity index (χ4n) is 4.56. The van der Waals surface area contributed by atoms with Crippen molar-refractivity contribution in [2.45, 2.75) is 39.6 Å². The Morgan fingerprint density at radius 2 is 1.87 bits per heavy atom. The first-order valence-electron chi connectivity index (χ1n) is 12.9. The number of nitrogens with zero attached hydrogens (tertiary/aromatic N) is 3. The summed E-state index contributed by atoms with van der Waals surface area (Å²) in [5.74, 6) is -0.581. The maximum Gasteiger partial charge on any atom is 0.416 e. The molecule has 3 heterocycles. The Labute approximate surface area is 229 Å². The molecular weight excluding hydrogens is 527 g/mol. The molecule has 2 aromatic heterocycles. The van der Waals surface area contributed by atoms with Crippen molar-refractivity contribution in [2.24, 2.45) is 5.73 Å². The Morgan fingerprint density at radius 3 is 2.56 bits per heavy atom. The molecule has 4 aromatic rings. The van der Waals surface area contributed by atoms with Gasteiger partial charge in [-0.2, -0.15) is 13.2 Å². The third-order valence-corrected chi connectivity index (χ3v) is 7.51. The van der Waals surface area contributed by atoms with Crippen LogP contribution < -0.4 is 15.8 Å². The monoisotopic (exact) mass is 559 g/mol. The van der Waals surface area contributed by atoms with Crippen LogP contribution in [0.5, 0.6) is 5.75 Å². The van der Waals surface area contributed by atoms with Crippen molar-refractivity contribution < 1.29 is 22.7 Å². The molecule has 1 aliphatic rings. The molecule has 208 valence electrons. The van der Waals surface area contributed by atoms with Crippen LogP contribution in [0.4, 0.5) is 13.2 Å². The molecule has 5 rings (SSSR count). The Kier molecular flexibility index (Phi) is 8.94. The van der Waals surface area contributed by atoms with Gasteiger partial charge in [0.15, 0.2) is 0 Å². The van der Waals surface area contributed by atoms with E-state index in [9.17, 15) is 18.0 Å². The average Bonchev–Trinajstić information content (AvgIpc) is 3.54. The number of imidazole rings is 1. The normalized spacial score (nSPS) is 15.0. The molecule has 1 aliphatic heterocycles. The van der Waals surface area contributed by atoms with E-state index >= 15 is 0 Å². The van der Waals surface area contributed by atoms with Gasteiger partial charge in [0.1, 0.15) is 28.1 Å². The largest absolute Gasteiger partial charge is 0.484 e. The molecule has 0 radical (unpaired) electrons. The van der Waals surface area contributed by atoms with Crippen molar-refractivity contribution in [3.8, 4) is 10.8 Å². The number of carbonyl (C=O) groups excluding carboxylic acids is 1. The first-order valence-corrected chi connectivity index (χ1v) is 13.7. The van der Waals surface area contributed by atoms with E-state index < -0.39 is 23.8 Å². The number of piperazine rings is 1. The van der Waals surface area contributed by atoms with E-state index in [1.54, 1.807) is 12.4 Å². The van der Waals surface area contributed by atoms with Gasteiger partial charge in [0, 0.05) is 44.4 Å². The molecule has 0 bridgehead atoms. The van der Waals surface area contributed by atoms with E-state index in [1.807, 2.05) is 24.5 Å². The molecule has 1 amide bonds. The molecule has 0 saturated carbocycles. The van der Waals surface area contributed by atoms with Gasteiger partial charge in [0.25, 0.3) is 5.91 Å². The zero-order valence-corrected chi connectivity index (χ0v) is 22.9. The zero-order chi connectivity index (χ0) is 28.2. The van der Waals surface area contributed by atoms with Crippen molar-refractivity contribution in [3.05, 3.63) is 76.4 Å². The Balaban J connectivity index is 0.00000172. The molecule has 7 nitrogen and oxygen atoms in total. The highest BCUT2D eigenvalue weighted by Gasteiger charge is 2.35. The van der Waals surface area contributed by atoms with Crippen LogP contribution in [0.15, 0.2) is 54.9 Å². The van der Waals surface area contributed by atoms with Gasteiger partial charge in [0.05, 0.1) is 16.6 Å². The number of alkyl halides is 3. The first-order chi connectivity index (χ1) is 18.7. The van der Waals surface area contributed by atoms with Crippen LogP contribution in [-0.2, 0) is 12.7 Å². The molecule has 2 aromatic carbocycles. The van der Waals surface area contributed by atoms with Gasteiger partial charge in [0.2, 0.25) is 0 Å². The summed E-state index contributed by atoms with van der Waals surface area (Å²) < 4.78 is 48.3. The van der Waals surface area contributed by atoms with Crippen LogP contribution in [0.2, 0.25) is 0 Å². The number of amides is 1. The summed E-state index contributed by atoms with van der Waals surface area (Å²) >= 11 is 1.11. The number of benzene rings is 2. The fraction of sp³-hybridized carbons (Fsp3) is 0.357. The predicted octanol–water partition coefficient (Wildman–Crippen LogP) is 5.78. The lowest BCUT2D eigenvalue weighted by molar-refractivity contribution is -0.139. The Morgan fingerprint density at radius 1 is 1.15 bits per heavy atom. The molecular formula is C28H32F3N5O2S. The summed E-state index contributed by atoms with van der Waals surface area (Å²) in [7, 11) is 0. The number of hydrogen-bond donors (Lipinski definition) is 2. The lowest BCUT2D eigenvalue weighted by atomic mass is 10.0. The van der Waals surface area contributed by atoms with Crippen LogP contribution in [0.1, 0.15) is 53.2 Å². The minimum absolute atomic E-state index is 0.0243. The summed E-state index contributed by atoms with van der Waals surface area (Å²) in [5, 5.41) is 3.97. The number of carbonyl (C=O) groups is 1. The van der Waals surface area contributed by atoms with Crippen LogP contribution in [-0.4, -0.2) is 46.5 Å². The van der Waals surface area contributed by atoms with E-state index in [2.05, 4.69) is 27.3 Å². The summed E-state index contributed by atoms with van der Waals surface area (Å²) in [5.41, 5.74) is 7.58. The lowest BCUT2D eigenvalue weighted by Gasteiger charge is -2.27. The fourth-order valence-corrected chi connectivity index (χ4v) is 5.49. The highest BCUT2D eigenvalue weighted by molar-refractivity contribution is 7.16. The average molecular weight is 560 g/mol. The van der Waals surface area contributed by atoms with Gasteiger partial charge < -0.3 is 15.8 Å². The highest BCUT2D eigenvalue weighted by Crippen LogP contribution is 2.39. The van der Waals surface area contributed by atoms with Gasteiger partial charge in [-0.1, -0.05) is 38.1 Å². The van der Waals surface area contributed by atoms with E-state index in [-0.39, 0.29) is 16.2 Å². The smallest absolute Gasteiger partial charge is 0.416 e. The summed E-state index contributed by atoms with van der Waals surface area (Å²) in [4.78, 5) is 19.2. The molecule has 1 atom stereocenters. The summed E-state index contributed by atoms with van der Waals surface area (Å²) in [6, 6.07) is 12.9. The number of aromatic nitrogens is 2. The summed E-state index contributed by atoms with van der Waals surface area (Å²) in [6.07, 6.45) is -3.84. The molecule has 0 spiro atoms. The second-order valence-electron chi connectivity index (χ2n) is 8.95. The quantitative estimate of drug-likeness (QED) is 0.300. The van der Waals surface area contributed by atoms with Crippen LogP contribution in [0, 0.1) is 0 Å². The number of nitrogens with one attached hydrogen (secondary N) is 1. The maximum absolute atomic E-state index is 13.5. The third kappa shape index (κ3) is 6.43. The van der Waals surface area contributed by atoms with Crippen molar-refractivity contribution in [3.63, 3.8) is 0 Å². The number of halogens is 3. The van der Waals surface area contributed by atoms with Crippen LogP contribution in [0.3, 0.4) is 0 Å². The number of ether oxygens (including phenoxy) is 1. The highest BCUT2D eigenvalue weighted by atomic mass is 32.1. The topological polar surface area (TPSA) is 85.4 Å². The predicted molar refractivity (Wildman–Crippen MR) is 147 cm³/mol. The van der Waals surface area contributed by atoms with Crippen molar-refractivity contribution in [1.29, 1.82) is 0 Å². The molecule has 0 aliphatic carbocycles. The second-order valence-corrected chi connectivity index (χ2v) is 9.98. The van der Waals surface area contributed by atoms with Crippen molar-refractivity contribution in [1.82, 2.24) is 19.8 Å². The molecule has 1 unspecified atom stereocenters.